The van der Waals surface area contributed by atoms with Crippen molar-refractivity contribution in [3.8, 4) is 5.69 Å². The predicted octanol–water partition coefficient (Wildman–Crippen LogP) is 4.03. The summed E-state index contributed by atoms with van der Waals surface area (Å²) in [6.45, 7) is 3.35. The van der Waals surface area contributed by atoms with Gasteiger partial charge < -0.3 is 10.0 Å². The molecule has 1 aliphatic rings. The maximum absolute atomic E-state index is 12.7. The molecule has 0 radical (unpaired) electrons. The first-order valence-electron chi connectivity index (χ1n) is 9.37. The van der Waals surface area contributed by atoms with Crippen LogP contribution in [0.25, 0.3) is 5.69 Å². The normalized spacial score (nSPS) is 16.9. The second-order valence-electron chi connectivity index (χ2n) is 7.03. The number of carboxylic acids is 1. The number of carboxylic acid groups (broad SMARTS) is 1. The van der Waals surface area contributed by atoms with Crippen molar-refractivity contribution in [2.75, 3.05) is 18.8 Å². The molecule has 0 aliphatic carbocycles. The highest BCUT2D eigenvalue weighted by molar-refractivity contribution is 7.99. The van der Waals surface area contributed by atoms with Crippen molar-refractivity contribution in [2.45, 2.75) is 37.8 Å². The Morgan fingerprint density at radius 1 is 1.39 bits per heavy atom. The summed E-state index contributed by atoms with van der Waals surface area (Å²) < 4.78 is 1.95. The summed E-state index contributed by atoms with van der Waals surface area (Å²) in [5, 5.41) is 10.3. The van der Waals surface area contributed by atoms with Gasteiger partial charge in [-0.3, -0.25) is 14.2 Å². The molecule has 150 valence electrons. The number of hydrogen-bond acceptors (Lipinski definition) is 4. The maximum atomic E-state index is 12.7. The van der Waals surface area contributed by atoms with Gasteiger partial charge in [0.2, 0.25) is 5.91 Å². The third-order valence-electron chi connectivity index (χ3n) is 5.07. The first-order chi connectivity index (χ1) is 13.5. The highest BCUT2D eigenvalue weighted by Gasteiger charge is 2.24. The lowest BCUT2D eigenvalue weighted by Crippen LogP contribution is -2.41. The maximum Gasteiger partial charge on any atom is 0.303 e. The number of nitrogens with zero attached hydrogens (tertiary/aromatic N) is 3. The van der Waals surface area contributed by atoms with E-state index < -0.39 is 5.97 Å². The van der Waals surface area contributed by atoms with E-state index in [9.17, 15) is 9.59 Å². The van der Waals surface area contributed by atoms with Gasteiger partial charge in [0.05, 0.1) is 11.4 Å². The third-order valence-corrected chi connectivity index (χ3v) is 6.43. The second-order valence-corrected chi connectivity index (χ2v) is 8.38. The van der Waals surface area contributed by atoms with Crippen molar-refractivity contribution in [3.05, 3.63) is 41.2 Å². The molecule has 1 amide bonds. The highest BCUT2D eigenvalue weighted by atomic mass is 35.5. The van der Waals surface area contributed by atoms with Crippen LogP contribution in [0.1, 0.15) is 31.2 Å². The van der Waals surface area contributed by atoms with Gasteiger partial charge in [0.1, 0.15) is 0 Å². The number of benzene rings is 1. The van der Waals surface area contributed by atoms with Crippen LogP contribution in [0.3, 0.4) is 0 Å². The van der Waals surface area contributed by atoms with E-state index in [4.69, 9.17) is 16.7 Å². The number of likely N-dealkylation sites (tertiary alicyclic amines) is 1. The van der Waals surface area contributed by atoms with E-state index in [0.29, 0.717) is 23.7 Å². The van der Waals surface area contributed by atoms with Gasteiger partial charge in [-0.1, -0.05) is 29.4 Å². The summed E-state index contributed by atoms with van der Waals surface area (Å²) in [6.07, 6.45) is 6.30. The van der Waals surface area contributed by atoms with Gasteiger partial charge in [-0.2, -0.15) is 0 Å². The van der Waals surface area contributed by atoms with Gasteiger partial charge in [-0.05, 0) is 49.8 Å². The fourth-order valence-corrected chi connectivity index (χ4v) is 4.55. The van der Waals surface area contributed by atoms with Crippen molar-refractivity contribution in [3.63, 3.8) is 0 Å². The lowest BCUT2D eigenvalue weighted by Gasteiger charge is -2.32. The molecule has 0 saturated carbocycles. The average Bonchev–Trinajstić information content (AvgIpc) is 3.15. The molecule has 2 aromatic rings. The zero-order valence-corrected chi connectivity index (χ0v) is 17.4. The van der Waals surface area contributed by atoms with Crippen molar-refractivity contribution >= 4 is 35.2 Å². The first kappa shape index (κ1) is 20.7. The molecule has 3 rings (SSSR count). The summed E-state index contributed by atoms with van der Waals surface area (Å²) >= 11 is 7.64. The van der Waals surface area contributed by atoms with E-state index in [1.165, 1.54) is 11.8 Å². The number of carbonyl (C=O) groups is 2. The van der Waals surface area contributed by atoms with E-state index >= 15 is 0 Å². The van der Waals surface area contributed by atoms with Crippen LogP contribution in [0.5, 0.6) is 0 Å². The fraction of sp³-hybridized carbons (Fsp3) is 0.450. The molecular weight excluding hydrogens is 398 g/mol. The molecular formula is C20H24ClN3O3S. The number of carbonyl (C=O) groups excluding carboxylic acids is 1. The first-order valence-corrected chi connectivity index (χ1v) is 10.7. The third kappa shape index (κ3) is 5.08. The number of aliphatic carboxylic acids is 1. The molecule has 0 unspecified atom stereocenters. The van der Waals surface area contributed by atoms with Gasteiger partial charge in [-0.25, -0.2) is 4.98 Å². The lowest BCUT2D eigenvalue weighted by molar-refractivity contribution is -0.137. The topological polar surface area (TPSA) is 75.4 Å². The highest BCUT2D eigenvalue weighted by Crippen LogP contribution is 2.27. The average molecular weight is 422 g/mol. The summed E-state index contributed by atoms with van der Waals surface area (Å²) in [4.78, 5) is 29.7. The Morgan fingerprint density at radius 3 is 3.00 bits per heavy atom. The van der Waals surface area contributed by atoms with Crippen LogP contribution in [-0.2, 0) is 9.59 Å². The summed E-state index contributed by atoms with van der Waals surface area (Å²) in [7, 11) is 0. The minimum atomic E-state index is -0.776. The molecule has 8 heteroatoms. The second kappa shape index (κ2) is 9.47. The molecule has 1 aromatic carbocycles. The standard InChI is InChI=1S/C20H24ClN3O3S/c1-14-16(21)5-2-6-17(14)24-11-9-22-20(24)28-13-18(25)23-10-3-4-15(12-23)7-8-19(26)27/h2,5-6,9,11,15H,3-4,7-8,10,12-13H2,1H3,(H,26,27)/t15-/m0/s1. The Bertz CT molecular complexity index is 855. The summed E-state index contributed by atoms with van der Waals surface area (Å²) in [6, 6.07) is 5.73. The Balaban J connectivity index is 1.60. The van der Waals surface area contributed by atoms with Crippen LogP contribution >= 0.6 is 23.4 Å². The largest absolute Gasteiger partial charge is 0.481 e. The van der Waals surface area contributed by atoms with E-state index in [0.717, 1.165) is 35.8 Å². The Labute approximate surface area is 173 Å². The zero-order chi connectivity index (χ0) is 20.1. The number of thioether (sulfide) groups is 1. The molecule has 0 spiro atoms. The van der Waals surface area contributed by atoms with E-state index in [1.807, 2.05) is 40.8 Å². The van der Waals surface area contributed by atoms with Crippen LogP contribution in [0, 0.1) is 12.8 Å². The molecule has 0 bridgehead atoms. The minimum Gasteiger partial charge on any atom is -0.481 e. The van der Waals surface area contributed by atoms with E-state index in [1.54, 1.807) is 6.20 Å². The molecule has 1 aromatic heterocycles. The summed E-state index contributed by atoms with van der Waals surface area (Å²) in [5.41, 5.74) is 1.92. The fourth-order valence-electron chi connectivity index (χ4n) is 3.51. The summed E-state index contributed by atoms with van der Waals surface area (Å²) in [5.74, 6) is -0.123. The minimum absolute atomic E-state index is 0.0717. The van der Waals surface area contributed by atoms with Gasteiger partial charge in [0, 0.05) is 36.9 Å². The van der Waals surface area contributed by atoms with Crippen molar-refractivity contribution < 1.29 is 14.7 Å². The molecule has 1 aliphatic heterocycles. The molecule has 2 heterocycles. The van der Waals surface area contributed by atoms with Crippen molar-refractivity contribution in [2.24, 2.45) is 5.92 Å². The smallest absolute Gasteiger partial charge is 0.303 e. The lowest BCUT2D eigenvalue weighted by atomic mass is 9.93. The van der Waals surface area contributed by atoms with Crippen LogP contribution < -0.4 is 0 Å². The Kier molecular flexibility index (Phi) is 7.02. The molecule has 6 nitrogen and oxygen atoms in total. The van der Waals surface area contributed by atoms with Crippen LogP contribution in [0.15, 0.2) is 35.7 Å². The van der Waals surface area contributed by atoms with E-state index in [2.05, 4.69) is 4.98 Å². The molecule has 1 atom stereocenters. The van der Waals surface area contributed by atoms with Gasteiger partial charge in [0.25, 0.3) is 0 Å². The Morgan fingerprint density at radius 2 is 2.21 bits per heavy atom. The van der Waals surface area contributed by atoms with Crippen LogP contribution in [0.4, 0.5) is 0 Å². The number of halogens is 1. The number of piperidine rings is 1. The SMILES string of the molecule is Cc1c(Cl)cccc1-n1ccnc1SCC(=O)N1CCC[C@@H](CCC(=O)O)C1. The van der Waals surface area contributed by atoms with Gasteiger partial charge in [0.15, 0.2) is 5.16 Å². The van der Waals surface area contributed by atoms with Crippen molar-refractivity contribution in [1.82, 2.24) is 14.5 Å². The predicted molar refractivity (Wildman–Crippen MR) is 110 cm³/mol. The Hall–Kier alpha value is -1.99. The monoisotopic (exact) mass is 421 g/mol. The number of rotatable bonds is 7. The number of hydrogen-bond donors (Lipinski definition) is 1. The van der Waals surface area contributed by atoms with Gasteiger partial charge >= 0.3 is 5.97 Å². The molecule has 28 heavy (non-hydrogen) atoms. The van der Waals surface area contributed by atoms with Crippen LogP contribution in [-0.4, -0.2) is 50.3 Å². The quantitative estimate of drug-likeness (QED) is 0.683. The molecule has 1 N–H and O–H groups in total. The van der Waals surface area contributed by atoms with Crippen molar-refractivity contribution in [1.29, 1.82) is 0 Å². The van der Waals surface area contributed by atoms with Crippen LogP contribution in [0.2, 0.25) is 5.02 Å². The molecule has 1 saturated heterocycles. The van der Waals surface area contributed by atoms with Gasteiger partial charge in [-0.15, -0.1) is 0 Å². The number of imidazole rings is 1. The number of aromatic nitrogens is 2. The van der Waals surface area contributed by atoms with E-state index in [-0.39, 0.29) is 18.2 Å². The number of amides is 1. The zero-order valence-electron chi connectivity index (χ0n) is 15.8. The molecule has 1 fully saturated rings.